The zero-order valence-corrected chi connectivity index (χ0v) is 14.7. The van der Waals surface area contributed by atoms with E-state index in [0.717, 1.165) is 31.3 Å². The van der Waals surface area contributed by atoms with Crippen LogP contribution in [0.1, 0.15) is 38.5 Å². The van der Waals surface area contributed by atoms with Crippen LogP contribution in [0.2, 0.25) is 0 Å². The molecule has 1 aliphatic carbocycles. The molecular formula is C17H25BN4O4. The number of nitrogens with zero attached hydrogens (tertiary/aromatic N) is 2. The van der Waals surface area contributed by atoms with Crippen LogP contribution in [0.5, 0.6) is 0 Å². The molecule has 2 rings (SSSR count). The van der Waals surface area contributed by atoms with Crippen molar-refractivity contribution in [1.29, 1.82) is 5.26 Å². The third-order valence-corrected chi connectivity index (χ3v) is 4.54. The summed E-state index contributed by atoms with van der Waals surface area (Å²) in [6, 6.07) is 1.12. The van der Waals surface area contributed by atoms with E-state index < -0.39 is 19.1 Å². The van der Waals surface area contributed by atoms with Crippen molar-refractivity contribution in [2.45, 2.75) is 50.5 Å². The van der Waals surface area contributed by atoms with E-state index in [2.05, 4.69) is 10.6 Å². The maximum Gasteiger partial charge on any atom is 0.475 e. The van der Waals surface area contributed by atoms with Gasteiger partial charge in [0.1, 0.15) is 6.42 Å². The lowest BCUT2D eigenvalue weighted by atomic mass is 9.75. The minimum Gasteiger partial charge on any atom is -0.426 e. The van der Waals surface area contributed by atoms with E-state index in [1.165, 1.54) is 0 Å². The van der Waals surface area contributed by atoms with Gasteiger partial charge in [0, 0.05) is 19.1 Å². The molecule has 2 aliphatic rings. The lowest BCUT2D eigenvalue weighted by molar-refractivity contribution is -0.131. The van der Waals surface area contributed by atoms with Crippen molar-refractivity contribution in [3.63, 3.8) is 0 Å². The molecule has 8 nitrogen and oxygen atoms in total. The zero-order chi connectivity index (χ0) is 18.9. The molecule has 140 valence electrons. The molecule has 9 heteroatoms. The van der Waals surface area contributed by atoms with Crippen LogP contribution in [-0.4, -0.2) is 59.1 Å². The van der Waals surface area contributed by atoms with Crippen LogP contribution >= 0.6 is 0 Å². The number of nitrogens with one attached hydrogen (secondary N) is 2. The Kier molecular flexibility index (Phi) is 7.69. The number of carbonyl (C=O) groups excluding carboxylic acids is 2. The Morgan fingerprint density at radius 2 is 2.23 bits per heavy atom. The molecule has 0 saturated carbocycles. The number of amides is 3. The Labute approximate surface area is 153 Å². The first-order valence-corrected chi connectivity index (χ1v) is 8.93. The molecule has 1 saturated heterocycles. The number of allylic oxidation sites excluding steroid dienone is 3. The molecule has 4 N–H and O–H groups in total. The Bertz CT molecular complexity index is 614. The molecule has 1 aliphatic heterocycles. The quantitative estimate of drug-likeness (QED) is 0.505. The minimum atomic E-state index is -1.67. The zero-order valence-electron chi connectivity index (χ0n) is 14.7. The Morgan fingerprint density at radius 1 is 1.42 bits per heavy atom. The van der Waals surface area contributed by atoms with Gasteiger partial charge < -0.3 is 25.6 Å². The molecule has 0 aromatic heterocycles. The van der Waals surface area contributed by atoms with E-state index in [1.807, 2.05) is 24.3 Å². The average molecular weight is 360 g/mol. The number of piperidine rings is 1. The summed E-state index contributed by atoms with van der Waals surface area (Å²) in [5.41, 5.74) is 0.959. The van der Waals surface area contributed by atoms with Crippen LogP contribution in [0, 0.1) is 11.3 Å². The highest BCUT2D eigenvalue weighted by molar-refractivity contribution is 6.43. The number of likely N-dealkylation sites (tertiary alicyclic amines) is 1. The van der Waals surface area contributed by atoms with Gasteiger partial charge in [0.2, 0.25) is 5.91 Å². The normalized spacial score (nSPS) is 20.6. The van der Waals surface area contributed by atoms with Gasteiger partial charge in [-0.25, -0.2) is 4.79 Å². The number of nitriles is 1. The second-order valence-electron chi connectivity index (χ2n) is 6.61. The van der Waals surface area contributed by atoms with E-state index in [1.54, 1.807) is 4.90 Å². The number of rotatable bonds is 6. The van der Waals surface area contributed by atoms with E-state index in [0.29, 0.717) is 19.5 Å². The molecule has 2 atom stereocenters. The van der Waals surface area contributed by atoms with Crippen LogP contribution in [0.25, 0.3) is 0 Å². The van der Waals surface area contributed by atoms with Crippen molar-refractivity contribution < 1.29 is 19.6 Å². The maximum absolute atomic E-state index is 12.2. The van der Waals surface area contributed by atoms with Crippen molar-refractivity contribution in [1.82, 2.24) is 15.5 Å². The Balaban J connectivity index is 1.85. The number of carbonyl (C=O) groups is 2. The van der Waals surface area contributed by atoms with Gasteiger partial charge in [0.05, 0.1) is 12.0 Å². The summed E-state index contributed by atoms with van der Waals surface area (Å²) < 4.78 is 0. The lowest BCUT2D eigenvalue weighted by Crippen LogP contribution is -2.55. The van der Waals surface area contributed by atoms with E-state index in [9.17, 15) is 19.6 Å². The second-order valence-corrected chi connectivity index (χ2v) is 6.61. The van der Waals surface area contributed by atoms with Gasteiger partial charge in [0.25, 0.3) is 0 Å². The first-order valence-electron chi connectivity index (χ1n) is 8.93. The predicted octanol–water partition coefficient (Wildman–Crippen LogP) is 0.237. The Hall–Kier alpha value is -2.31. The fraction of sp³-hybridized carbons (Fsp3) is 0.588. The molecule has 3 amide bonds. The summed E-state index contributed by atoms with van der Waals surface area (Å²) in [7, 11) is -1.67. The predicted molar refractivity (Wildman–Crippen MR) is 96.6 cm³/mol. The first-order chi connectivity index (χ1) is 12.5. The summed E-state index contributed by atoms with van der Waals surface area (Å²) in [4.78, 5) is 25.6. The molecule has 1 heterocycles. The van der Waals surface area contributed by atoms with E-state index in [-0.39, 0.29) is 18.4 Å². The standard InChI is InChI=1S/C17H25BN4O4/c19-9-8-16(23)22-10-4-7-14(12-22)20-17(24)21-15(18(25)26)11-13-5-2-1-3-6-13/h2,5-6,14-15,25-26H,1,3-4,7-8,10-12H2,(H2,20,21,24). The van der Waals surface area contributed by atoms with Crippen LogP contribution in [0.3, 0.4) is 0 Å². The van der Waals surface area contributed by atoms with Crippen molar-refractivity contribution in [2.75, 3.05) is 13.1 Å². The van der Waals surface area contributed by atoms with Gasteiger partial charge in [0.15, 0.2) is 0 Å². The molecule has 0 aromatic rings. The number of hydrogen-bond donors (Lipinski definition) is 4. The molecule has 1 fully saturated rings. The molecular weight excluding hydrogens is 335 g/mol. The Morgan fingerprint density at radius 3 is 2.88 bits per heavy atom. The molecule has 0 radical (unpaired) electrons. The van der Waals surface area contributed by atoms with E-state index >= 15 is 0 Å². The highest BCUT2D eigenvalue weighted by Gasteiger charge is 2.28. The van der Waals surface area contributed by atoms with Crippen LogP contribution in [0.4, 0.5) is 4.79 Å². The van der Waals surface area contributed by atoms with Crippen molar-refractivity contribution in [2.24, 2.45) is 0 Å². The highest BCUT2D eigenvalue weighted by atomic mass is 16.4. The van der Waals surface area contributed by atoms with Gasteiger partial charge in [-0.3, -0.25) is 4.79 Å². The molecule has 0 aromatic carbocycles. The van der Waals surface area contributed by atoms with Crippen LogP contribution in [0.15, 0.2) is 23.8 Å². The summed E-state index contributed by atoms with van der Waals surface area (Å²) in [5, 5.41) is 33.1. The topological polar surface area (TPSA) is 126 Å². The van der Waals surface area contributed by atoms with E-state index in [4.69, 9.17) is 5.26 Å². The summed E-state index contributed by atoms with van der Waals surface area (Å²) in [6.45, 7) is 0.937. The highest BCUT2D eigenvalue weighted by Crippen LogP contribution is 2.16. The second kappa shape index (κ2) is 9.99. The van der Waals surface area contributed by atoms with Crippen molar-refractivity contribution in [3.05, 3.63) is 23.8 Å². The van der Waals surface area contributed by atoms with Crippen LogP contribution in [-0.2, 0) is 4.79 Å². The van der Waals surface area contributed by atoms with Crippen molar-refractivity contribution >= 4 is 19.1 Å². The van der Waals surface area contributed by atoms with Crippen LogP contribution < -0.4 is 10.6 Å². The molecule has 26 heavy (non-hydrogen) atoms. The summed E-state index contributed by atoms with van der Waals surface area (Å²) in [5.74, 6) is -1.05. The fourth-order valence-corrected chi connectivity index (χ4v) is 3.20. The number of urea groups is 1. The third-order valence-electron chi connectivity index (χ3n) is 4.54. The maximum atomic E-state index is 12.2. The molecule has 0 spiro atoms. The average Bonchev–Trinajstić information content (AvgIpc) is 2.62. The summed E-state index contributed by atoms with van der Waals surface area (Å²) >= 11 is 0. The summed E-state index contributed by atoms with van der Waals surface area (Å²) in [6.07, 6.45) is 9.47. The van der Waals surface area contributed by atoms with Crippen molar-refractivity contribution in [3.8, 4) is 6.07 Å². The molecule has 0 bridgehead atoms. The lowest BCUT2D eigenvalue weighted by Gasteiger charge is -2.33. The molecule has 2 unspecified atom stereocenters. The fourth-order valence-electron chi connectivity index (χ4n) is 3.20. The van der Waals surface area contributed by atoms with Gasteiger partial charge in [-0.15, -0.1) is 0 Å². The monoisotopic (exact) mass is 360 g/mol. The smallest absolute Gasteiger partial charge is 0.426 e. The van der Waals surface area contributed by atoms with Gasteiger partial charge in [-0.2, -0.15) is 5.26 Å². The largest absolute Gasteiger partial charge is 0.475 e. The van der Waals surface area contributed by atoms with Gasteiger partial charge in [-0.05, 0) is 32.1 Å². The van der Waals surface area contributed by atoms with Gasteiger partial charge in [-0.1, -0.05) is 23.8 Å². The van der Waals surface area contributed by atoms with Gasteiger partial charge >= 0.3 is 13.1 Å². The SMILES string of the molecule is N#CCC(=O)N1CCCC(NC(=O)NC(CC2=CCCC=C2)B(O)O)C1. The first kappa shape index (κ1) is 20.0. The minimum absolute atomic E-state index is 0.166. The third kappa shape index (κ3) is 6.21. The number of hydrogen-bond acceptors (Lipinski definition) is 5.